The van der Waals surface area contributed by atoms with Gasteiger partial charge in [0.2, 0.25) is 0 Å². The maximum atomic E-state index is 11.3. The van der Waals surface area contributed by atoms with Crippen LogP contribution in [0.2, 0.25) is 0 Å². The van der Waals surface area contributed by atoms with Crippen molar-refractivity contribution in [2.75, 3.05) is 0 Å². The minimum absolute atomic E-state index is 0.243. The van der Waals surface area contributed by atoms with Gasteiger partial charge in [0.25, 0.3) is 0 Å². The Bertz CT molecular complexity index is 234. The summed E-state index contributed by atoms with van der Waals surface area (Å²) in [6.07, 6.45) is -10.6. The minimum Gasteiger partial charge on any atom is -0.540 e. The third kappa shape index (κ3) is 3.81. The lowest BCUT2D eigenvalue weighted by atomic mass is 10.3. The first-order valence-electron chi connectivity index (χ1n) is 2.56. The zero-order chi connectivity index (χ0) is 10.9. The Hall–Kier alpha value is -1.21. The molecule has 76 valence electrons. The summed E-state index contributed by atoms with van der Waals surface area (Å²) < 4.78 is 67.9. The van der Waals surface area contributed by atoms with Crippen molar-refractivity contribution in [3.8, 4) is 0 Å². The molecule has 0 aliphatic carbocycles. The molecule has 0 amide bonds. The SMILES string of the molecule is O=C([C-]=C(O)C(F)(F)F)C(F)(F)F. The van der Waals surface area contributed by atoms with E-state index in [1.54, 1.807) is 0 Å². The van der Waals surface area contributed by atoms with Crippen molar-refractivity contribution >= 4 is 5.78 Å². The number of rotatable bonds is 1. The van der Waals surface area contributed by atoms with E-state index in [9.17, 15) is 31.1 Å². The van der Waals surface area contributed by atoms with Crippen molar-refractivity contribution in [3.05, 3.63) is 11.8 Å². The Morgan fingerprint density at radius 1 is 1.00 bits per heavy atom. The Morgan fingerprint density at radius 2 is 1.38 bits per heavy atom. The van der Waals surface area contributed by atoms with Crippen molar-refractivity contribution in [1.82, 2.24) is 0 Å². The number of ketones is 1. The number of hydrogen-bond donors (Lipinski definition) is 1. The van der Waals surface area contributed by atoms with Crippen LogP contribution in [0.1, 0.15) is 0 Å². The molecule has 0 aromatic rings. The summed E-state index contributed by atoms with van der Waals surface area (Å²) in [6, 6.07) is 0. The van der Waals surface area contributed by atoms with Crippen LogP contribution in [-0.4, -0.2) is 23.2 Å². The standard InChI is InChI=1S/C5HF6O2/c6-4(7,8)2(12)1-3(13)5(9,10)11/h12H/q-1. The molecule has 0 saturated carbocycles. The molecule has 0 spiro atoms. The molecular formula is C5HF6O2-. The van der Waals surface area contributed by atoms with Gasteiger partial charge in [0.1, 0.15) is 0 Å². The van der Waals surface area contributed by atoms with Gasteiger partial charge >= 0.3 is 12.4 Å². The number of allylic oxidation sites excluding steroid dienone is 2. The normalized spacial score (nSPS) is 14.5. The van der Waals surface area contributed by atoms with Gasteiger partial charge in [0, 0.05) is 5.76 Å². The molecule has 0 atom stereocenters. The third-order valence-corrected chi connectivity index (χ3v) is 0.758. The van der Waals surface area contributed by atoms with Crippen LogP contribution in [0.5, 0.6) is 0 Å². The summed E-state index contributed by atoms with van der Waals surface area (Å²) in [5.74, 6) is -5.59. The lowest BCUT2D eigenvalue weighted by Crippen LogP contribution is -2.23. The van der Waals surface area contributed by atoms with Crippen LogP contribution in [-0.2, 0) is 4.79 Å². The molecule has 0 aromatic carbocycles. The van der Waals surface area contributed by atoms with Crippen molar-refractivity contribution < 1.29 is 36.2 Å². The number of hydrogen-bond acceptors (Lipinski definition) is 2. The second-order valence-electron chi connectivity index (χ2n) is 1.80. The quantitative estimate of drug-likeness (QED) is 0.308. The maximum absolute atomic E-state index is 11.3. The van der Waals surface area contributed by atoms with Crippen LogP contribution in [0, 0.1) is 6.08 Å². The van der Waals surface area contributed by atoms with E-state index in [-0.39, 0.29) is 6.08 Å². The summed E-state index contributed by atoms with van der Waals surface area (Å²) in [5, 5.41) is 7.88. The first kappa shape index (κ1) is 11.8. The van der Waals surface area contributed by atoms with E-state index < -0.39 is 23.9 Å². The van der Waals surface area contributed by atoms with E-state index in [0.717, 1.165) is 0 Å². The first-order chi connectivity index (χ1) is 5.55. The predicted molar refractivity (Wildman–Crippen MR) is 26.5 cm³/mol. The van der Waals surface area contributed by atoms with Crippen LogP contribution in [0.25, 0.3) is 0 Å². The number of carbonyl (C=O) groups excluding carboxylic acids is 1. The summed E-state index contributed by atoms with van der Waals surface area (Å²) in [7, 11) is 0. The highest BCUT2D eigenvalue weighted by Gasteiger charge is 2.32. The number of Topliss-reactive ketones (excluding diaryl/α,β-unsaturated/α-hetero) is 1. The smallest absolute Gasteiger partial charge is 0.419 e. The Kier molecular flexibility index (Phi) is 2.96. The van der Waals surface area contributed by atoms with Gasteiger partial charge < -0.3 is 16.0 Å². The highest BCUT2D eigenvalue weighted by Crippen LogP contribution is 2.24. The van der Waals surface area contributed by atoms with Crippen LogP contribution in [0.15, 0.2) is 5.76 Å². The molecule has 0 aromatic heterocycles. The van der Waals surface area contributed by atoms with Gasteiger partial charge in [-0.25, -0.2) is 0 Å². The average Bonchev–Trinajstić information content (AvgIpc) is 1.82. The third-order valence-electron chi connectivity index (χ3n) is 0.758. The minimum atomic E-state index is -5.47. The van der Waals surface area contributed by atoms with Crippen LogP contribution in [0.4, 0.5) is 26.3 Å². The molecular weight excluding hydrogens is 206 g/mol. The number of alkyl halides is 6. The van der Waals surface area contributed by atoms with Gasteiger partial charge in [0.15, 0.2) is 0 Å². The monoisotopic (exact) mass is 207 g/mol. The fourth-order valence-electron chi connectivity index (χ4n) is 0.249. The second-order valence-corrected chi connectivity index (χ2v) is 1.80. The molecule has 0 fully saturated rings. The van der Waals surface area contributed by atoms with Crippen molar-refractivity contribution in [3.63, 3.8) is 0 Å². The van der Waals surface area contributed by atoms with Crippen molar-refractivity contribution in [2.24, 2.45) is 0 Å². The molecule has 0 rings (SSSR count). The molecule has 1 N–H and O–H groups in total. The summed E-state index contributed by atoms with van der Waals surface area (Å²) >= 11 is 0. The molecule has 2 nitrogen and oxygen atoms in total. The Labute approximate surface area is 67.5 Å². The van der Waals surface area contributed by atoms with Crippen LogP contribution in [0.3, 0.4) is 0 Å². The van der Waals surface area contributed by atoms with Gasteiger partial charge in [-0.15, -0.1) is 0 Å². The molecule has 0 bridgehead atoms. The van der Waals surface area contributed by atoms with E-state index in [4.69, 9.17) is 5.11 Å². The maximum Gasteiger partial charge on any atom is 0.419 e. The molecule has 8 heteroatoms. The number of aliphatic hydroxyl groups is 1. The van der Waals surface area contributed by atoms with Gasteiger partial charge in [-0.2, -0.15) is 26.3 Å². The second kappa shape index (κ2) is 3.27. The lowest BCUT2D eigenvalue weighted by Gasteiger charge is -2.15. The predicted octanol–water partition coefficient (Wildman–Crippen LogP) is 1.93. The van der Waals surface area contributed by atoms with E-state index in [2.05, 4.69) is 0 Å². The van der Waals surface area contributed by atoms with Crippen molar-refractivity contribution in [2.45, 2.75) is 12.4 Å². The molecule has 0 aliphatic rings. The number of aliphatic hydroxyl groups excluding tert-OH is 1. The molecule has 0 aliphatic heterocycles. The zero-order valence-electron chi connectivity index (χ0n) is 5.62. The Balaban J connectivity index is 4.70. The highest BCUT2D eigenvalue weighted by molar-refractivity contribution is 5.91. The van der Waals surface area contributed by atoms with E-state index in [0.29, 0.717) is 0 Å². The fourth-order valence-corrected chi connectivity index (χ4v) is 0.249. The van der Waals surface area contributed by atoms with E-state index in [1.807, 2.05) is 0 Å². The summed E-state index contributed by atoms with van der Waals surface area (Å²) in [5.41, 5.74) is 0. The van der Waals surface area contributed by atoms with Crippen molar-refractivity contribution in [1.29, 1.82) is 0 Å². The topological polar surface area (TPSA) is 37.3 Å². The molecule has 0 heterocycles. The molecule has 0 radical (unpaired) electrons. The summed E-state index contributed by atoms with van der Waals surface area (Å²) in [4.78, 5) is 9.80. The molecule has 13 heavy (non-hydrogen) atoms. The number of halogens is 6. The zero-order valence-corrected chi connectivity index (χ0v) is 5.62. The van der Waals surface area contributed by atoms with Crippen LogP contribution >= 0.6 is 0 Å². The number of carbonyl (C=O) groups is 1. The molecule has 0 unspecified atom stereocenters. The average molecular weight is 207 g/mol. The van der Waals surface area contributed by atoms with Gasteiger partial charge in [-0.1, -0.05) is 0 Å². The molecule has 0 saturated heterocycles. The summed E-state index contributed by atoms with van der Waals surface area (Å²) in [6.45, 7) is 0. The fraction of sp³-hybridized carbons (Fsp3) is 0.400. The van der Waals surface area contributed by atoms with Gasteiger partial charge in [-0.05, 0) is 0 Å². The lowest BCUT2D eigenvalue weighted by molar-refractivity contribution is -0.167. The largest absolute Gasteiger partial charge is 0.540 e. The van der Waals surface area contributed by atoms with Gasteiger partial charge in [0.05, 0.1) is 5.78 Å². The Morgan fingerprint density at radius 3 is 1.62 bits per heavy atom. The van der Waals surface area contributed by atoms with E-state index in [1.165, 1.54) is 0 Å². The van der Waals surface area contributed by atoms with E-state index >= 15 is 0 Å². The highest BCUT2D eigenvalue weighted by atomic mass is 19.4. The van der Waals surface area contributed by atoms with Gasteiger partial charge in [-0.3, -0.25) is 0 Å². The van der Waals surface area contributed by atoms with Crippen LogP contribution < -0.4 is 0 Å². The first-order valence-corrected chi connectivity index (χ1v) is 2.56.